The Morgan fingerprint density at radius 2 is 2.09 bits per heavy atom. The number of nitrogens with zero attached hydrogens (tertiary/aromatic N) is 1. The van der Waals surface area contributed by atoms with E-state index in [1.165, 1.54) is 17.1 Å². The summed E-state index contributed by atoms with van der Waals surface area (Å²) >= 11 is 0. The van der Waals surface area contributed by atoms with Crippen LogP contribution in [-0.4, -0.2) is 43.3 Å². The van der Waals surface area contributed by atoms with Crippen molar-refractivity contribution in [2.24, 2.45) is 5.92 Å². The molecule has 1 aliphatic heterocycles. The van der Waals surface area contributed by atoms with E-state index in [0.29, 0.717) is 31.7 Å². The van der Waals surface area contributed by atoms with Crippen LogP contribution in [0.2, 0.25) is 0 Å². The predicted molar refractivity (Wildman–Crippen MR) is 78.7 cm³/mol. The Kier molecular flexibility index (Phi) is 5.87. The number of aryl methyl sites for hydroxylation is 1. The van der Waals surface area contributed by atoms with Crippen molar-refractivity contribution in [2.45, 2.75) is 25.9 Å². The molecule has 0 atom stereocenters. The summed E-state index contributed by atoms with van der Waals surface area (Å²) < 4.78 is 47.3. The summed E-state index contributed by atoms with van der Waals surface area (Å²) in [6.45, 7) is 1.93. The molecule has 7 heteroatoms. The lowest BCUT2D eigenvalue weighted by Crippen LogP contribution is -2.40. The molecule has 0 bridgehead atoms. The molecule has 0 radical (unpaired) electrons. The molecule has 0 amide bonds. The monoisotopic (exact) mass is 331 g/mol. The van der Waals surface area contributed by atoms with E-state index in [4.69, 9.17) is 9.15 Å². The molecule has 23 heavy (non-hydrogen) atoms. The number of piperidine rings is 1. The van der Waals surface area contributed by atoms with Crippen LogP contribution in [0.25, 0.3) is 6.08 Å². The van der Waals surface area contributed by atoms with Gasteiger partial charge in [-0.15, -0.1) is 0 Å². The summed E-state index contributed by atoms with van der Waals surface area (Å²) in [7, 11) is 0. The molecule has 1 saturated heterocycles. The van der Waals surface area contributed by atoms with E-state index < -0.39 is 18.7 Å². The molecule has 1 aromatic heterocycles. The zero-order valence-electron chi connectivity index (χ0n) is 12.9. The van der Waals surface area contributed by atoms with Gasteiger partial charge < -0.3 is 9.15 Å². The fourth-order valence-electron chi connectivity index (χ4n) is 2.51. The molecule has 0 aromatic carbocycles. The first kappa shape index (κ1) is 17.6. The Balaban J connectivity index is 1.67. The van der Waals surface area contributed by atoms with Crippen LogP contribution < -0.4 is 0 Å². The third-order valence-corrected chi connectivity index (χ3v) is 3.72. The highest BCUT2D eigenvalue weighted by Crippen LogP contribution is 2.22. The molecule has 128 valence electrons. The minimum absolute atomic E-state index is 0.114. The molecule has 1 fully saturated rings. The molecule has 1 aliphatic rings. The quantitative estimate of drug-likeness (QED) is 0.612. The first-order chi connectivity index (χ1) is 10.8. The lowest BCUT2D eigenvalue weighted by Gasteiger charge is -2.31. The standard InChI is InChI=1S/C16H20F3NO3/c1-12-2-3-14(23-12)4-5-15(21)22-10-13-6-8-20(9-7-13)11-16(17,18)19/h2-5,13H,6-11H2,1H3/b5-4+. The molecule has 1 aromatic rings. The Morgan fingerprint density at radius 3 is 2.65 bits per heavy atom. The summed E-state index contributed by atoms with van der Waals surface area (Å²) in [4.78, 5) is 13.0. The maximum absolute atomic E-state index is 12.3. The second-order valence-corrected chi connectivity index (χ2v) is 5.75. The topological polar surface area (TPSA) is 42.7 Å². The second kappa shape index (κ2) is 7.68. The summed E-state index contributed by atoms with van der Waals surface area (Å²) in [6.07, 6.45) is -0.137. The molecule has 0 unspecified atom stereocenters. The molecular formula is C16H20F3NO3. The summed E-state index contributed by atoms with van der Waals surface area (Å²) in [5.74, 6) is 0.961. The van der Waals surface area contributed by atoms with Gasteiger partial charge in [0, 0.05) is 6.08 Å². The number of carbonyl (C=O) groups is 1. The number of furan rings is 1. The third kappa shape index (κ3) is 6.48. The first-order valence-electron chi connectivity index (χ1n) is 7.52. The van der Waals surface area contributed by atoms with Gasteiger partial charge in [0.2, 0.25) is 0 Å². The highest BCUT2D eigenvalue weighted by Gasteiger charge is 2.32. The van der Waals surface area contributed by atoms with Crippen molar-refractivity contribution in [3.05, 3.63) is 29.7 Å². The van der Waals surface area contributed by atoms with Crippen LogP contribution in [-0.2, 0) is 9.53 Å². The number of rotatable bonds is 5. The van der Waals surface area contributed by atoms with Crippen LogP contribution in [0.15, 0.2) is 22.6 Å². The maximum Gasteiger partial charge on any atom is 0.401 e. The van der Waals surface area contributed by atoms with E-state index in [-0.39, 0.29) is 12.5 Å². The van der Waals surface area contributed by atoms with Crippen LogP contribution in [0.3, 0.4) is 0 Å². The minimum Gasteiger partial charge on any atom is -0.462 e. The number of hydrogen-bond donors (Lipinski definition) is 0. The molecule has 0 aliphatic carbocycles. The highest BCUT2D eigenvalue weighted by atomic mass is 19.4. The number of alkyl halides is 3. The van der Waals surface area contributed by atoms with Gasteiger partial charge in [-0.1, -0.05) is 0 Å². The molecule has 2 heterocycles. The Labute approximate surface area is 132 Å². The van der Waals surface area contributed by atoms with Crippen molar-refractivity contribution in [1.29, 1.82) is 0 Å². The SMILES string of the molecule is Cc1ccc(/C=C/C(=O)OCC2CCN(CC(F)(F)F)CC2)o1. The van der Waals surface area contributed by atoms with Gasteiger partial charge in [0.05, 0.1) is 13.2 Å². The molecular weight excluding hydrogens is 311 g/mol. The minimum atomic E-state index is -4.16. The van der Waals surface area contributed by atoms with Gasteiger partial charge in [0.25, 0.3) is 0 Å². The summed E-state index contributed by atoms with van der Waals surface area (Å²) in [5.41, 5.74) is 0. The fraction of sp³-hybridized carbons (Fsp3) is 0.562. The Hall–Kier alpha value is -1.76. The van der Waals surface area contributed by atoms with Crippen molar-refractivity contribution in [2.75, 3.05) is 26.2 Å². The molecule has 4 nitrogen and oxygen atoms in total. The van der Waals surface area contributed by atoms with Crippen molar-refractivity contribution in [3.63, 3.8) is 0 Å². The zero-order valence-corrected chi connectivity index (χ0v) is 12.9. The number of esters is 1. The van der Waals surface area contributed by atoms with E-state index in [9.17, 15) is 18.0 Å². The maximum atomic E-state index is 12.3. The van der Waals surface area contributed by atoms with E-state index >= 15 is 0 Å². The van der Waals surface area contributed by atoms with Gasteiger partial charge in [-0.2, -0.15) is 13.2 Å². The van der Waals surface area contributed by atoms with Crippen LogP contribution in [0.5, 0.6) is 0 Å². The van der Waals surface area contributed by atoms with Gasteiger partial charge in [0.1, 0.15) is 11.5 Å². The zero-order chi connectivity index (χ0) is 16.9. The number of ether oxygens (including phenoxy) is 1. The Bertz CT molecular complexity index is 543. The summed E-state index contributed by atoms with van der Waals surface area (Å²) in [5, 5.41) is 0. The van der Waals surface area contributed by atoms with Crippen molar-refractivity contribution >= 4 is 12.0 Å². The Morgan fingerprint density at radius 1 is 1.39 bits per heavy atom. The average molecular weight is 331 g/mol. The lowest BCUT2D eigenvalue weighted by atomic mass is 9.98. The molecule has 0 N–H and O–H groups in total. The van der Waals surface area contributed by atoms with E-state index in [2.05, 4.69) is 0 Å². The first-order valence-corrected chi connectivity index (χ1v) is 7.52. The van der Waals surface area contributed by atoms with Gasteiger partial charge in [-0.25, -0.2) is 4.79 Å². The van der Waals surface area contributed by atoms with Crippen LogP contribution in [0.4, 0.5) is 13.2 Å². The molecule has 2 rings (SSSR count). The summed E-state index contributed by atoms with van der Waals surface area (Å²) in [6, 6.07) is 3.54. The third-order valence-electron chi connectivity index (χ3n) is 3.72. The smallest absolute Gasteiger partial charge is 0.401 e. The fourth-order valence-corrected chi connectivity index (χ4v) is 2.51. The average Bonchev–Trinajstić information content (AvgIpc) is 2.88. The molecule has 0 spiro atoms. The van der Waals surface area contributed by atoms with Gasteiger partial charge in [0.15, 0.2) is 0 Å². The predicted octanol–water partition coefficient (Wildman–Crippen LogP) is 3.42. The van der Waals surface area contributed by atoms with Crippen molar-refractivity contribution in [1.82, 2.24) is 4.90 Å². The van der Waals surface area contributed by atoms with Gasteiger partial charge in [-0.3, -0.25) is 4.90 Å². The lowest BCUT2D eigenvalue weighted by molar-refractivity contribution is -0.149. The van der Waals surface area contributed by atoms with E-state index in [1.54, 1.807) is 19.1 Å². The van der Waals surface area contributed by atoms with Crippen LogP contribution in [0.1, 0.15) is 24.4 Å². The van der Waals surface area contributed by atoms with Crippen LogP contribution >= 0.6 is 0 Å². The number of hydrogen-bond acceptors (Lipinski definition) is 4. The number of carbonyl (C=O) groups excluding carboxylic acids is 1. The van der Waals surface area contributed by atoms with Crippen molar-refractivity contribution < 1.29 is 27.1 Å². The van der Waals surface area contributed by atoms with Crippen molar-refractivity contribution in [3.8, 4) is 0 Å². The van der Waals surface area contributed by atoms with Gasteiger partial charge in [-0.05, 0) is 57.0 Å². The van der Waals surface area contributed by atoms with Crippen LogP contribution in [0, 0.1) is 12.8 Å². The van der Waals surface area contributed by atoms with E-state index in [1.807, 2.05) is 0 Å². The normalized spacial score (nSPS) is 17.7. The molecule has 0 saturated carbocycles. The number of halogens is 3. The van der Waals surface area contributed by atoms with Gasteiger partial charge >= 0.3 is 12.1 Å². The van der Waals surface area contributed by atoms with E-state index in [0.717, 1.165) is 5.76 Å². The largest absolute Gasteiger partial charge is 0.462 e. The highest BCUT2D eigenvalue weighted by molar-refractivity contribution is 5.86. The number of likely N-dealkylation sites (tertiary alicyclic amines) is 1. The second-order valence-electron chi connectivity index (χ2n) is 5.75.